The Morgan fingerprint density at radius 2 is 2.06 bits per heavy atom. The lowest BCUT2D eigenvalue weighted by atomic mass is 10.0. The van der Waals surface area contributed by atoms with Crippen molar-refractivity contribution in [1.29, 1.82) is 0 Å². The standard InChI is InChI=1S/C13H21N3O/c1-10(4-3-7-14)13(17)16-11(2)12-5-8-15-9-6-12/h5-6,8-11H,3-4,7,14H2,1-2H3,(H,16,17)/t10?,11-/m1/s1. The topological polar surface area (TPSA) is 68.0 Å². The third-order valence-corrected chi connectivity index (χ3v) is 2.85. The Morgan fingerprint density at radius 1 is 1.41 bits per heavy atom. The molecular weight excluding hydrogens is 214 g/mol. The average Bonchev–Trinajstić information content (AvgIpc) is 2.36. The summed E-state index contributed by atoms with van der Waals surface area (Å²) in [6.07, 6.45) is 5.19. The van der Waals surface area contributed by atoms with E-state index >= 15 is 0 Å². The van der Waals surface area contributed by atoms with E-state index in [9.17, 15) is 4.79 Å². The van der Waals surface area contributed by atoms with Crippen molar-refractivity contribution in [2.75, 3.05) is 6.54 Å². The van der Waals surface area contributed by atoms with Crippen molar-refractivity contribution in [3.63, 3.8) is 0 Å². The summed E-state index contributed by atoms with van der Waals surface area (Å²) in [5.74, 6) is 0.102. The van der Waals surface area contributed by atoms with Crippen LogP contribution < -0.4 is 11.1 Å². The number of pyridine rings is 1. The summed E-state index contributed by atoms with van der Waals surface area (Å²) in [5, 5.41) is 3.00. The van der Waals surface area contributed by atoms with Crippen molar-refractivity contribution in [2.24, 2.45) is 11.7 Å². The second kappa shape index (κ2) is 7.01. The summed E-state index contributed by atoms with van der Waals surface area (Å²) < 4.78 is 0. The normalized spacial score (nSPS) is 14.1. The molecule has 1 heterocycles. The molecule has 0 fully saturated rings. The van der Waals surface area contributed by atoms with Crippen LogP contribution in [0.15, 0.2) is 24.5 Å². The molecule has 0 spiro atoms. The highest BCUT2D eigenvalue weighted by Crippen LogP contribution is 2.12. The van der Waals surface area contributed by atoms with Crippen LogP contribution in [-0.4, -0.2) is 17.4 Å². The zero-order chi connectivity index (χ0) is 12.7. The van der Waals surface area contributed by atoms with Gasteiger partial charge in [0.25, 0.3) is 0 Å². The zero-order valence-corrected chi connectivity index (χ0v) is 10.5. The molecule has 3 N–H and O–H groups in total. The molecule has 1 rings (SSSR count). The fraction of sp³-hybridized carbons (Fsp3) is 0.538. The number of rotatable bonds is 6. The van der Waals surface area contributed by atoms with E-state index in [1.165, 1.54) is 0 Å². The fourth-order valence-electron chi connectivity index (χ4n) is 1.65. The Labute approximate surface area is 103 Å². The van der Waals surface area contributed by atoms with Gasteiger partial charge in [-0.05, 0) is 44.0 Å². The Balaban J connectivity index is 2.46. The van der Waals surface area contributed by atoms with Gasteiger partial charge in [0, 0.05) is 18.3 Å². The van der Waals surface area contributed by atoms with Gasteiger partial charge in [0.15, 0.2) is 0 Å². The van der Waals surface area contributed by atoms with Crippen LogP contribution in [0.2, 0.25) is 0 Å². The van der Waals surface area contributed by atoms with Crippen LogP contribution in [0, 0.1) is 5.92 Å². The van der Waals surface area contributed by atoms with Crippen LogP contribution in [0.3, 0.4) is 0 Å². The van der Waals surface area contributed by atoms with E-state index in [1.54, 1.807) is 12.4 Å². The van der Waals surface area contributed by atoms with Gasteiger partial charge in [-0.25, -0.2) is 0 Å². The maximum absolute atomic E-state index is 11.9. The number of carbonyl (C=O) groups excluding carboxylic acids is 1. The molecule has 0 aliphatic rings. The second-order valence-corrected chi connectivity index (χ2v) is 4.34. The number of hydrogen-bond donors (Lipinski definition) is 2. The SMILES string of the molecule is CC(CCCN)C(=O)N[C@H](C)c1ccncc1. The first-order chi connectivity index (χ1) is 8.15. The van der Waals surface area contributed by atoms with Gasteiger partial charge in [0.1, 0.15) is 0 Å². The average molecular weight is 235 g/mol. The van der Waals surface area contributed by atoms with Crippen molar-refractivity contribution in [2.45, 2.75) is 32.7 Å². The van der Waals surface area contributed by atoms with E-state index in [1.807, 2.05) is 26.0 Å². The van der Waals surface area contributed by atoms with Gasteiger partial charge in [-0.1, -0.05) is 6.92 Å². The summed E-state index contributed by atoms with van der Waals surface area (Å²) in [5.41, 5.74) is 6.50. The summed E-state index contributed by atoms with van der Waals surface area (Å²) >= 11 is 0. The van der Waals surface area contributed by atoms with E-state index < -0.39 is 0 Å². The lowest BCUT2D eigenvalue weighted by Gasteiger charge is -2.17. The van der Waals surface area contributed by atoms with Crippen molar-refractivity contribution in [3.05, 3.63) is 30.1 Å². The van der Waals surface area contributed by atoms with Gasteiger partial charge in [-0.3, -0.25) is 9.78 Å². The molecule has 1 unspecified atom stereocenters. The number of aromatic nitrogens is 1. The van der Waals surface area contributed by atoms with Crippen LogP contribution in [-0.2, 0) is 4.79 Å². The van der Waals surface area contributed by atoms with Crippen LogP contribution in [0.5, 0.6) is 0 Å². The molecule has 94 valence electrons. The molecule has 1 aromatic heterocycles. The Bertz CT molecular complexity index is 340. The molecule has 4 heteroatoms. The monoisotopic (exact) mass is 235 g/mol. The first kappa shape index (κ1) is 13.6. The summed E-state index contributed by atoms with van der Waals surface area (Å²) in [7, 11) is 0. The number of nitrogens with two attached hydrogens (primary N) is 1. The number of hydrogen-bond acceptors (Lipinski definition) is 3. The van der Waals surface area contributed by atoms with Gasteiger partial charge < -0.3 is 11.1 Å². The summed E-state index contributed by atoms with van der Waals surface area (Å²) in [6.45, 7) is 4.55. The number of nitrogens with one attached hydrogen (secondary N) is 1. The molecule has 1 aromatic rings. The minimum absolute atomic E-state index is 0.0165. The highest BCUT2D eigenvalue weighted by Gasteiger charge is 2.15. The Hall–Kier alpha value is -1.42. The molecule has 0 aliphatic carbocycles. The number of carbonyl (C=O) groups is 1. The third-order valence-electron chi connectivity index (χ3n) is 2.85. The summed E-state index contributed by atoms with van der Waals surface area (Å²) in [4.78, 5) is 15.8. The number of amides is 1. The largest absolute Gasteiger partial charge is 0.349 e. The van der Waals surface area contributed by atoms with E-state index in [2.05, 4.69) is 10.3 Å². The lowest BCUT2D eigenvalue weighted by molar-refractivity contribution is -0.125. The molecule has 4 nitrogen and oxygen atoms in total. The molecular formula is C13H21N3O. The molecule has 17 heavy (non-hydrogen) atoms. The molecule has 0 saturated heterocycles. The van der Waals surface area contributed by atoms with Gasteiger partial charge in [0.2, 0.25) is 5.91 Å². The molecule has 0 radical (unpaired) electrons. The van der Waals surface area contributed by atoms with Gasteiger partial charge in [0.05, 0.1) is 6.04 Å². The minimum atomic E-state index is 0.0165. The van der Waals surface area contributed by atoms with E-state index in [-0.39, 0.29) is 17.9 Å². The third kappa shape index (κ3) is 4.53. The van der Waals surface area contributed by atoms with Crippen LogP contribution in [0.1, 0.15) is 38.3 Å². The van der Waals surface area contributed by atoms with Gasteiger partial charge >= 0.3 is 0 Å². The van der Waals surface area contributed by atoms with Gasteiger partial charge in [-0.15, -0.1) is 0 Å². The molecule has 0 aliphatic heterocycles. The predicted octanol–water partition coefficient (Wildman–Crippen LogP) is 1.63. The fourth-order valence-corrected chi connectivity index (χ4v) is 1.65. The number of nitrogens with zero attached hydrogens (tertiary/aromatic N) is 1. The maximum Gasteiger partial charge on any atom is 0.223 e. The summed E-state index contributed by atoms with van der Waals surface area (Å²) in [6, 6.07) is 3.84. The van der Waals surface area contributed by atoms with Crippen LogP contribution >= 0.6 is 0 Å². The zero-order valence-electron chi connectivity index (χ0n) is 10.5. The first-order valence-corrected chi connectivity index (χ1v) is 6.05. The van der Waals surface area contributed by atoms with Crippen LogP contribution in [0.25, 0.3) is 0 Å². The van der Waals surface area contributed by atoms with Gasteiger partial charge in [-0.2, -0.15) is 0 Å². The van der Waals surface area contributed by atoms with E-state index in [4.69, 9.17) is 5.73 Å². The molecule has 0 bridgehead atoms. The quantitative estimate of drug-likeness (QED) is 0.787. The van der Waals surface area contributed by atoms with Crippen molar-refractivity contribution in [3.8, 4) is 0 Å². The predicted molar refractivity (Wildman–Crippen MR) is 68.2 cm³/mol. The second-order valence-electron chi connectivity index (χ2n) is 4.34. The lowest BCUT2D eigenvalue weighted by Crippen LogP contribution is -2.31. The van der Waals surface area contributed by atoms with Crippen molar-refractivity contribution < 1.29 is 4.79 Å². The molecule has 0 saturated carbocycles. The van der Waals surface area contributed by atoms with E-state index in [0.29, 0.717) is 6.54 Å². The Kier molecular flexibility index (Phi) is 5.63. The highest BCUT2D eigenvalue weighted by molar-refractivity contribution is 5.78. The van der Waals surface area contributed by atoms with E-state index in [0.717, 1.165) is 18.4 Å². The maximum atomic E-state index is 11.9. The van der Waals surface area contributed by atoms with Crippen LogP contribution in [0.4, 0.5) is 0 Å². The minimum Gasteiger partial charge on any atom is -0.349 e. The van der Waals surface area contributed by atoms with Crippen molar-refractivity contribution in [1.82, 2.24) is 10.3 Å². The molecule has 2 atom stereocenters. The first-order valence-electron chi connectivity index (χ1n) is 6.05. The smallest absolute Gasteiger partial charge is 0.223 e. The molecule has 1 amide bonds. The Morgan fingerprint density at radius 3 is 2.65 bits per heavy atom. The molecule has 0 aromatic carbocycles. The highest BCUT2D eigenvalue weighted by atomic mass is 16.1. The van der Waals surface area contributed by atoms with Crippen molar-refractivity contribution >= 4 is 5.91 Å².